The predicted molar refractivity (Wildman–Crippen MR) is 115 cm³/mol. The van der Waals surface area contributed by atoms with Gasteiger partial charge in [0, 0.05) is 34.3 Å². The second-order valence-electron chi connectivity index (χ2n) is 6.61. The summed E-state index contributed by atoms with van der Waals surface area (Å²) in [4.78, 5) is 12.7. The van der Waals surface area contributed by atoms with Gasteiger partial charge in [-0.05, 0) is 19.1 Å². The number of hydrogen-bond acceptors (Lipinski definition) is 7. The Balaban J connectivity index is 1.85. The number of aromatic nitrogens is 4. The molecule has 2 aromatic heterocycles. The molecule has 0 atom stereocenters. The third kappa shape index (κ3) is 4.23. The zero-order valence-corrected chi connectivity index (χ0v) is 17.3. The van der Waals surface area contributed by atoms with Gasteiger partial charge in [-0.25, -0.2) is 4.68 Å². The first kappa shape index (κ1) is 19.6. The standard InChI is InChI=1S/C19H23ClN8/c1-13-15(18(20)28(25-13)14-9-7-6-8-10-14)12-21-24-16-11-17(26(2)3)23-19(22-16)27(4)5/h6-12H,1-5H3,(H,22,23,24)/b21-12-. The van der Waals surface area contributed by atoms with Crippen molar-refractivity contribution in [2.45, 2.75) is 6.92 Å². The zero-order valence-electron chi connectivity index (χ0n) is 16.5. The molecule has 1 N–H and O–H groups in total. The minimum atomic E-state index is 0.500. The maximum Gasteiger partial charge on any atom is 0.228 e. The number of benzene rings is 1. The Bertz CT molecular complexity index is 953. The summed E-state index contributed by atoms with van der Waals surface area (Å²) in [6, 6.07) is 11.6. The summed E-state index contributed by atoms with van der Waals surface area (Å²) < 4.78 is 1.69. The van der Waals surface area contributed by atoms with Crippen LogP contribution in [0.1, 0.15) is 11.3 Å². The highest BCUT2D eigenvalue weighted by molar-refractivity contribution is 6.32. The summed E-state index contributed by atoms with van der Waals surface area (Å²) >= 11 is 6.52. The lowest BCUT2D eigenvalue weighted by Gasteiger charge is -2.16. The molecule has 0 bridgehead atoms. The van der Waals surface area contributed by atoms with Crippen LogP contribution < -0.4 is 15.2 Å². The van der Waals surface area contributed by atoms with E-state index >= 15 is 0 Å². The molecule has 0 aliphatic carbocycles. The van der Waals surface area contributed by atoms with Crippen molar-refractivity contribution in [1.29, 1.82) is 0 Å². The average molecular weight is 399 g/mol. The molecule has 9 heteroatoms. The van der Waals surface area contributed by atoms with E-state index < -0.39 is 0 Å². The second kappa shape index (κ2) is 8.26. The van der Waals surface area contributed by atoms with Crippen molar-refractivity contribution in [2.75, 3.05) is 43.4 Å². The van der Waals surface area contributed by atoms with E-state index in [0.29, 0.717) is 16.9 Å². The number of halogens is 1. The van der Waals surface area contributed by atoms with Gasteiger partial charge in [-0.3, -0.25) is 5.43 Å². The molecule has 8 nitrogen and oxygen atoms in total. The zero-order chi connectivity index (χ0) is 20.3. The number of para-hydroxylation sites is 1. The first-order valence-corrected chi connectivity index (χ1v) is 9.08. The van der Waals surface area contributed by atoms with Crippen LogP contribution in [0.3, 0.4) is 0 Å². The number of hydrogen-bond donors (Lipinski definition) is 1. The van der Waals surface area contributed by atoms with Crippen LogP contribution in [0.25, 0.3) is 5.69 Å². The first-order chi connectivity index (χ1) is 13.4. The van der Waals surface area contributed by atoms with Gasteiger partial charge >= 0.3 is 0 Å². The van der Waals surface area contributed by atoms with Gasteiger partial charge in [-0.15, -0.1) is 0 Å². The van der Waals surface area contributed by atoms with E-state index in [0.717, 1.165) is 22.8 Å². The van der Waals surface area contributed by atoms with Gasteiger partial charge in [-0.2, -0.15) is 20.2 Å². The van der Waals surface area contributed by atoms with E-state index in [1.807, 2.05) is 81.3 Å². The molecule has 0 saturated heterocycles. The van der Waals surface area contributed by atoms with E-state index in [2.05, 4.69) is 25.6 Å². The number of nitrogens with zero attached hydrogens (tertiary/aromatic N) is 7. The Morgan fingerprint density at radius 3 is 2.43 bits per heavy atom. The van der Waals surface area contributed by atoms with Crippen molar-refractivity contribution in [1.82, 2.24) is 19.7 Å². The minimum Gasteiger partial charge on any atom is -0.363 e. The SMILES string of the molecule is Cc1nn(-c2ccccc2)c(Cl)c1/C=N\Nc1cc(N(C)C)nc(N(C)C)n1. The fraction of sp³-hybridized carbons (Fsp3) is 0.263. The normalized spacial score (nSPS) is 11.1. The molecular formula is C19H23ClN8. The van der Waals surface area contributed by atoms with Crippen molar-refractivity contribution in [3.05, 3.63) is 52.8 Å². The van der Waals surface area contributed by atoms with Gasteiger partial charge in [0.25, 0.3) is 0 Å². The van der Waals surface area contributed by atoms with Crippen LogP contribution in [-0.4, -0.2) is 54.2 Å². The van der Waals surface area contributed by atoms with Crippen LogP contribution in [0.2, 0.25) is 5.15 Å². The van der Waals surface area contributed by atoms with E-state index in [1.54, 1.807) is 10.9 Å². The van der Waals surface area contributed by atoms with E-state index in [-0.39, 0.29) is 0 Å². The molecule has 0 aliphatic rings. The quantitative estimate of drug-likeness (QED) is 0.507. The lowest BCUT2D eigenvalue weighted by molar-refractivity contribution is 0.863. The van der Waals surface area contributed by atoms with Crippen molar-refractivity contribution >= 4 is 35.4 Å². The summed E-state index contributed by atoms with van der Waals surface area (Å²) in [6.07, 6.45) is 1.65. The van der Waals surface area contributed by atoms with Crippen molar-refractivity contribution in [3.63, 3.8) is 0 Å². The largest absolute Gasteiger partial charge is 0.363 e. The van der Waals surface area contributed by atoms with Gasteiger partial charge in [0.2, 0.25) is 5.95 Å². The maximum atomic E-state index is 6.52. The molecule has 0 amide bonds. The van der Waals surface area contributed by atoms with E-state index in [9.17, 15) is 0 Å². The summed E-state index contributed by atoms with van der Waals surface area (Å²) in [7, 11) is 7.64. The third-order valence-corrected chi connectivity index (χ3v) is 4.34. The van der Waals surface area contributed by atoms with Crippen molar-refractivity contribution in [2.24, 2.45) is 5.10 Å². The van der Waals surface area contributed by atoms with Crippen molar-refractivity contribution in [3.8, 4) is 5.69 Å². The van der Waals surface area contributed by atoms with Gasteiger partial charge in [0.05, 0.1) is 23.2 Å². The van der Waals surface area contributed by atoms with E-state index in [4.69, 9.17) is 11.6 Å². The van der Waals surface area contributed by atoms with Gasteiger partial charge in [0.1, 0.15) is 11.0 Å². The maximum absolute atomic E-state index is 6.52. The Morgan fingerprint density at radius 1 is 1.07 bits per heavy atom. The summed E-state index contributed by atoms with van der Waals surface area (Å²) in [5.74, 6) is 1.96. The first-order valence-electron chi connectivity index (χ1n) is 8.70. The molecule has 0 spiro atoms. The Labute approximate surface area is 169 Å². The highest BCUT2D eigenvalue weighted by Gasteiger charge is 2.13. The van der Waals surface area contributed by atoms with Crippen molar-refractivity contribution < 1.29 is 0 Å². The summed E-state index contributed by atoms with van der Waals surface area (Å²) in [6.45, 7) is 1.89. The molecule has 0 saturated carbocycles. The van der Waals surface area contributed by atoms with Crippen LogP contribution in [0.15, 0.2) is 41.5 Å². The highest BCUT2D eigenvalue weighted by atomic mass is 35.5. The Morgan fingerprint density at radius 2 is 1.79 bits per heavy atom. The van der Waals surface area contributed by atoms with Crippen LogP contribution in [0.5, 0.6) is 0 Å². The average Bonchev–Trinajstić information content (AvgIpc) is 2.96. The van der Waals surface area contributed by atoms with Gasteiger partial charge in [-0.1, -0.05) is 29.8 Å². The fourth-order valence-corrected chi connectivity index (χ4v) is 2.79. The lowest BCUT2D eigenvalue weighted by Crippen LogP contribution is -2.17. The number of rotatable bonds is 6. The third-order valence-electron chi connectivity index (χ3n) is 3.98. The molecule has 3 aromatic rings. The monoisotopic (exact) mass is 398 g/mol. The molecule has 0 aliphatic heterocycles. The molecule has 0 radical (unpaired) electrons. The van der Waals surface area contributed by atoms with Gasteiger partial charge in [0.15, 0.2) is 5.82 Å². The smallest absolute Gasteiger partial charge is 0.228 e. The topological polar surface area (TPSA) is 74.5 Å². The second-order valence-corrected chi connectivity index (χ2v) is 6.97. The molecule has 0 unspecified atom stereocenters. The summed E-state index contributed by atoms with van der Waals surface area (Å²) in [5.41, 5.74) is 5.38. The fourth-order valence-electron chi connectivity index (χ4n) is 2.47. The van der Waals surface area contributed by atoms with Crippen LogP contribution in [0, 0.1) is 6.92 Å². The number of hydrazone groups is 1. The predicted octanol–water partition coefficient (Wildman–Crippen LogP) is 3.20. The highest BCUT2D eigenvalue weighted by Crippen LogP contribution is 2.22. The molecule has 3 rings (SSSR count). The van der Waals surface area contributed by atoms with Crippen LogP contribution in [0.4, 0.5) is 17.6 Å². The number of aryl methyl sites for hydroxylation is 1. The Hall–Kier alpha value is -3.13. The molecule has 2 heterocycles. The van der Waals surface area contributed by atoms with Gasteiger partial charge < -0.3 is 9.80 Å². The number of nitrogens with one attached hydrogen (secondary N) is 1. The van der Waals surface area contributed by atoms with Crippen LogP contribution >= 0.6 is 11.6 Å². The molecule has 28 heavy (non-hydrogen) atoms. The number of anilines is 3. The molecule has 0 fully saturated rings. The molecule has 146 valence electrons. The summed E-state index contributed by atoms with van der Waals surface area (Å²) in [5, 5.41) is 9.31. The molecular weight excluding hydrogens is 376 g/mol. The Kier molecular flexibility index (Phi) is 5.79. The lowest BCUT2D eigenvalue weighted by atomic mass is 10.3. The molecule has 1 aromatic carbocycles. The van der Waals surface area contributed by atoms with Crippen LogP contribution in [-0.2, 0) is 0 Å². The minimum absolute atomic E-state index is 0.500. The van der Waals surface area contributed by atoms with E-state index in [1.165, 1.54) is 0 Å².